The lowest BCUT2D eigenvalue weighted by molar-refractivity contribution is 0.0696. The minimum absolute atomic E-state index is 0.367. The number of benzene rings is 1. The molecule has 1 aliphatic rings. The van der Waals surface area contributed by atoms with Gasteiger partial charge in [0.2, 0.25) is 0 Å². The zero-order chi connectivity index (χ0) is 15.2. The van der Waals surface area contributed by atoms with E-state index in [4.69, 9.17) is 5.11 Å². The molecule has 3 nitrogen and oxygen atoms in total. The molecule has 1 fully saturated rings. The van der Waals surface area contributed by atoms with Crippen molar-refractivity contribution in [2.24, 2.45) is 17.8 Å². The van der Waals surface area contributed by atoms with Crippen LogP contribution in [0.5, 0.6) is 0 Å². The highest BCUT2D eigenvalue weighted by molar-refractivity contribution is 5.87. The summed E-state index contributed by atoms with van der Waals surface area (Å²) in [4.78, 5) is 10.9. The van der Waals surface area contributed by atoms with Crippen LogP contribution in [-0.2, 0) is 6.54 Å². The van der Waals surface area contributed by atoms with Gasteiger partial charge in [0, 0.05) is 6.54 Å². The minimum Gasteiger partial charge on any atom is -0.478 e. The van der Waals surface area contributed by atoms with E-state index in [2.05, 4.69) is 19.2 Å². The molecule has 1 saturated carbocycles. The van der Waals surface area contributed by atoms with E-state index in [-0.39, 0.29) is 0 Å². The van der Waals surface area contributed by atoms with Gasteiger partial charge in [-0.15, -0.1) is 0 Å². The van der Waals surface area contributed by atoms with Gasteiger partial charge in [-0.05, 0) is 67.7 Å². The number of aromatic carboxylic acids is 1. The van der Waals surface area contributed by atoms with Gasteiger partial charge in [0.05, 0.1) is 5.56 Å². The lowest BCUT2D eigenvalue weighted by Crippen LogP contribution is -2.27. The fourth-order valence-corrected chi connectivity index (χ4v) is 3.29. The number of hydrogen-bond donors (Lipinski definition) is 2. The van der Waals surface area contributed by atoms with E-state index in [1.807, 2.05) is 12.1 Å². The molecule has 2 N–H and O–H groups in total. The van der Waals surface area contributed by atoms with Gasteiger partial charge in [0.1, 0.15) is 0 Å². The van der Waals surface area contributed by atoms with E-state index in [9.17, 15) is 4.79 Å². The summed E-state index contributed by atoms with van der Waals surface area (Å²) in [6.07, 6.45) is 5.37. The van der Waals surface area contributed by atoms with Crippen molar-refractivity contribution < 1.29 is 9.90 Å². The molecule has 0 radical (unpaired) electrons. The molecule has 1 aliphatic carbocycles. The summed E-state index contributed by atoms with van der Waals surface area (Å²) < 4.78 is 0. The average molecular weight is 289 g/mol. The van der Waals surface area contributed by atoms with Crippen LogP contribution in [0.4, 0.5) is 0 Å². The van der Waals surface area contributed by atoms with E-state index in [0.29, 0.717) is 5.56 Å². The summed E-state index contributed by atoms with van der Waals surface area (Å²) in [7, 11) is 0. The molecule has 2 rings (SSSR count). The Morgan fingerprint density at radius 1 is 1.29 bits per heavy atom. The van der Waals surface area contributed by atoms with Gasteiger partial charge < -0.3 is 10.4 Å². The molecule has 21 heavy (non-hydrogen) atoms. The van der Waals surface area contributed by atoms with Gasteiger partial charge in [0.15, 0.2) is 0 Å². The monoisotopic (exact) mass is 289 g/mol. The summed E-state index contributed by atoms with van der Waals surface area (Å²) in [6, 6.07) is 7.19. The van der Waals surface area contributed by atoms with E-state index in [0.717, 1.165) is 36.4 Å². The summed E-state index contributed by atoms with van der Waals surface area (Å²) in [6.45, 7) is 6.46. The zero-order valence-corrected chi connectivity index (χ0v) is 13.1. The quantitative estimate of drug-likeness (QED) is 0.834. The fraction of sp³-hybridized carbons (Fsp3) is 0.611. The molecule has 0 amide bonds. The van der Waals surface area contributed by atoms with Crippen molar-refractivity contribution in [2.75, 3.05) is 6.54 Å². The Hall–Kier alpha value is -1.35. The Balaban J connectivity index is 1.73. The number of rotatable bonds is 6. The first-order valence-corrected chi connectivity index (χ1v) is 8.09. The molecule has 3 heteroatoms. The molecule has 116 valence electrons. The van der Waals surface area contributed by atoms with Gasteiger partial charge in [-0.3, -0.25) is 0 Å². The van der Waals surface area contributed by atoms with Crippen LogP contribution in [0.25, 0.3) is 0 Å². The van der Waals surface area contributed by atoms with Crippen LogP contribution < -0.4 is 5.32 Å². The summed E-state index contributed by atoms with van der Waals surface area (Å²) in [5, 5.41) is 12.5. The second kappa shape index (κ2) is 7.60. The molecule has 0 aliphatic heterocycles. The number of carboxylic acid groups (broad SMARTS) is 1. The maximum atomic E-state index is 10.9. The third-order valence-corrected chi connectivity index (χ3v) is 4.77. The number of carbonyl (C=O) groups is 1. The highest BCUT2D eigenvalue weighted by Crippen LogP contribution is 2.32. The zero-order valence-electron chi connectivity index (χ0n) is 13.1. The van der Waals surface area contributed by atoms with Crippen LogP contribution in [0, 0.1) is 17.8 Å². The second-order valence-electron chi connectivity index (χ2n) is 6.66. The van der Waals surface area contributed by atoms with Crippen molar-refractivity contribution in [3.05, 3.63) is 35.4 Å². The van der Waals surface area contributed by atoms with Crippen molar-refractivity contribution in [1.82, 2.24) is 5.32 Å². The normalized spacial score (nSPS) is 22.4. The SMILES string of the molecule is CC(C)C1CCC(CNCc2cccc(C(=O)O)c2)CC1. The Kier molecular flexibility index (Phi) is 5.80. The summed E-state index contributed by atoms with van der Waals surface area (Å²) in [5.74, 6) is 1.65. The van der Waals surface area contributed by atoms with Crippen LogP contribution in [-0.4, -0.2) is 17.6 Å². The van der Waals surface area contributed by atoms with Gasteiger partial charge in [-0.1, -0.05) is 26.0 Å². The topological polar surface area (TPSA) is 49.3 Å². The van der Waals surface area contributed by atoms with Gasteiger partial charge >= 0.3 is 5.97 Å². The van der Waals surface area contributed by atoms with Crippen molar-refractivity contribution in [1.29, 1.82) is 0 Å². The molecular formula is C18H27NO2. The molecule has 0 unspecified atom stereocenters. The molecule has 0 saturated heterocycles. The highest BCUT2D eigenvalue weighted by atomic mass is 16.4. The highest BCUT2D eigenvalue weighted by Gasteiger charge is 2.22. The van der Waals surface area contributed by atoms with Crippen LogP contribution in [0.2, 0.25) is 0 Å². The molecule has 0 bridgehead atoms. The Bertz CT molecular complexity index is 462. The van der Waals surface area contributed by atoms with Crippen molar-refractivity contribution in [3.8, 4) is 0 Å². The smallest absolute Gasteiger partial charge is 0.335 e. The predicted octanol–water partition coefficient (Wildman–Crippen LogP) is 3.94. The van der Waals surface area contributed by atoms with Crippen LogP contribution in [0.3, 0.4) is 0 Å². The van der Waals surface area contributed by atoms with Crippen molar-refractivity contribution in [3.63, 3.8) is 0 Å². The van der Waals surface area contributed by atoms with E-state index in [1.165, 1.54) is 25.7 Å². The lowest BCUT2D eigenvalue weighted by atomic mass is 9.77. The maximum absolute atomic E-state index is 10.9. The van der Waals surface area contributed by atoms with E-state index >= 15 is 0 Å². The van der Waals surface area contributed by atoms with E-state index < -0.39 is 5.97 Å². The molecular weight excluding hydrogens is 262 g/mol. The fourth-order valence-electron chi connectivity index (χ4n) is 3.29. The molecule has 0 atom stereocenters. The van der Waals surface area contributed by atoms with Crippen molar-refractivity contribution in [2.45, 2.75) is 46.1 Å². The van der Waals surface area contributed by atoms with Crippen LogP contribution >= 0.6 is 0 Å². The molecule has 0 heterocycles. The first-order chi connectivity index (χ1) is 10.1. The first kappa shape index (κ1) is 16.0. The average Bonchev–Trinajstić information content (AvgIpc) is 2.48. The Morgan fingerprint density at radius 2 is 2.00 bits per heavy atom. The molecule has 1 aromatic carbocycles. The Morgan fingerprint density at radius 3 is 2.62 bits per heavy atom. The molecule has 0 spiro atoms. The van der Waals surface area contributed by atoms with Gasteiger partial charge in [-0.2, -0.15) is 0 Å². The van der Waals surface area contributed by atoms with Crippen LogP contribution in [0.15, 0.2) is 24.3 Å². The number of carboxylic acids is 1. The standard InChI is InChI=1S/C18H27NO2/c1-13(2)16-8-6-14(7-9-16)11-19-12-15-4-3-5-17(10-15)18(20)21/h3-5,10,13-14,16,19H,6-9,11-12H2,1-2H3,(H,20,21). The maximum Gasteiger partial charge on any atom is 0.335 e. The summed E-state index contributed by atoms with van der Waals surface area (Å²) >= 11 is 0. The van der Waals surface area contributed by atoms with E-state index in [1.54, 1.807) is 12.1 Å². The third kappa shape index (κ3) is 4.85. The van der Waals surface area contributed by atoms with Crippen molar-refractivity contribution >= 4 is 5.97 Å². The second-order valence-corrected chi connectivity index (χ2v) is 6.66. The third-order valence-electron chi connectivity index (χ3n) is 4.77. The number of hydrogen-bond acceptors (Lipinski definition) is 2. The first-order valence-electron chi connectivity index (χ1n) is 8.09. The number of nitrogens with one attached hydrogen (secondary N) is 1. The summed E-state index contributed by atoms with van der Waals surface area (Å²) in [5.41, 5.74) is 1.41. The Labute approximate surface area is 127 Å². The molecule has 1 aromatic rings. The molecule has 0 aromatic heterocycles. The lowest BCUT2D eigenvalue weighted by Gasteiger charge is -2.31. The van der Waals surface area contributed by atoms with Gasteiger partial charge in [-0.25, -0.2) is 4.79 Å². The predicted molar refractivity (Wildman–Crippen MR) is 85.4 cm³/mol. The largest absolute Gasteiger partial charge is 0.478 e. The minimum atomic E-state index is -0.858. The van der Waals surface area contributed by atoms with Crippen LogP contribution in [0.1, 0.15) is 55.5 Å². The van der Waals surface area contributed by atoms with Gasteiger partial charge in [0.25, 0.3) is 0 Å².